The fourth-order valence-corrected chi connectivity index (χ4v) is 4.04. The Hall–Kier alpha value is -0.580. The van der Waals surface area contributed by atoms with E-state index in [0.717, 1.165) is 29.9 Å². The molecule has 3 nitrogen and oxygen atoms in total. The molecule has 2 atom stereocenters. The van der Waals surface area contributed by atoms with Gasteiger partial charge in [0.15, 0.2) is 0 Å². The number of hydrogen-bond donors (Lipinski definition) is 1. The maximum atomic E-state index is 5.91. The van der Waals surface area contributed by atoms with E-state index >= 15 is 0 Å². The molecule has 2 unspecified atom stereocenters. The van der Waals surface area contributed by atoms with Crippen molar-refractivity contribution in [3.05, 3.63) is 23.3 Å². The standard InChI is InChI=1S/C16H25NO2S.ClH/c1-11(17)7-12-9-16(19-3)13(10-15(12)18-2)8-14-5-4-6-20-14;/h9-11,14H,4-8,17H2,1-3H3;1H. The highest BCUT2D eigenvalue weighted by Gasteiger charge is 2.20. The van der Waals surface area contributed by atoms with Gasteiger partial charge in [0, 0.05) is 11.3 Å². The zero-order valence-electron chi connectivity index (χ0n) is 13.1. The summed E-state index contributed by atoms with van der Waals surface area (Å²) < 4.78 is 11.1. The average Bonchev–Trinajstić information content (AvgIpc) is 2.92. The fraction of sp³-hybridized carbons (Fsp3) is 0.625. The van der Waals surface area contributed by atoms with E-state index in [-0.39, 0.29) is 18.4 Å². The molecule has 0 radical (unpaired) electrons. The van der Waals surface area contributed by atoms with Crippen LogP contribution in [0.1, 0.15) is 30.9 Å². The van der Waals surface area contributed by atoms with E-state index in [1.165, 1.54) is 24.2 Å². The van der Waals surface area contributed by atoms with Crippen molar-refractivity contribution in [2.75, 3.05) is 20.0 Å². The Morgan fingerprint density at radius 1 is 1.24 bits per heavy atom. The summed E-state index contributed by atoms with van der Waals surface area (Å²) in [6.45, 7) is 2.01. The first kappa shape index (κ1) is 18.5. The predicted octanol–water partition coefficient (Wildman–Crippen LogP) is 3.45. The molecular weight excluding hydrogens is 306 g/mol. The van der Waals surface area contributed by atoms with Crippen molar-refractivity contribution >= 4 is 24.2 Å². The second-order valence-electron chi connectivity index (χ2n) is 5.50. The summed E-state index contributed by atoms with van der Waals surface area (Å²) in [7, 11) is 3.46. The molecule has 21 heavy (non-hydrogen) atoms. The van der Waals surface area contributed by atoms with Gasteiger partial charge in [0.2, 0.25) is 0 Å². The molecular formula is C16H26ClNO2S. The number of ether oxygens (including phenoxy) is 2. The molecule has 0 aromatic heterocycles. The van der Waals surface area contributed by atoms with Crippen LogP contribution in [-0.2, 0) is 12.8 Å². The van der Waals surface area contributed by atoms with Gasteiger partial charge >= 0.3 is 0 Å². The lowest BCUT2D eigenvalue weighted by Gasteiger charge is -2.17. The third kappa shape index (κ3) is 4.97. The van der Waals surface area contributed by atoms with Gasteiger partial charge in [-0.1, -0.05) is 0 Å². The van der Waals surface area contributed by atoms with E-state index < -0.39 is 0 Å². The second-order valence-corrected chi connectivity index (χ2v) is 6.90. The van der Waals surface area contributed by atoms with Crippen LogP contribution in [0, 0.1) is 0 Å². The summed E-state index contributed by atoms with van der Waals surface area (Å²) in [5.74, 6) is 3.18. The molecule has 0 amide bonds. The molecule has 1 aliphatic heterocycles. The van der Waals surface area contributed by atoms with Crippen LogP contribution in [0.3, 0.4) is 0 Å². The molecule has 0 spiro atoms. The first-order valence-electron chi connectivity index (χ1n) is 7.25. The van der Waals surface area contributed by atoms with E-state index in [1.807, 2.05) is 6.92 Å². The Balaban J connectivity index is 0.00000220. The van der Waals surface area contributed by atoms with E-state index in [1.54, 1.807) is 14.2 Å². The van der Waals surface area contributed by atoms with Gasteiger partial charge in [-0.15, -0.1) is 12.4 Å². The zero-order chi connectivity index (χ0) is 14.5. The molecule has 1 saturated heterocycles. The highest BCUT2D eigenvalue weighted by atomic mass is 35.5. The largest absolute Gasteiger partial charge is 0.496 e. The van der Waals surface area contributed by atoms with Crippen LogP contribution >= 0.6 is 24.2 Å². The third-order valence-corrected chi connectivity index (χ3v) is 5.10. The fourth-order valence-electron chi connectivity index (χ4n) is 2.74. The molecule has 0 aliphatic carbocycles. The Kier molecular flexibility index (Phi) is 7.71. The van der Waals surface area contributed by atoms with Gasteiger partial charge in [0.25, 0.3) is 0 Å². The van der Waals surface area contributed by atoms with Gasteiger partial charge in [-0.3, -0.25) is 0 Å². The molecule has 1 aromatic rings. The van der Waals surface area contributed by atoms with Crippen LogP contribution in [0.25, 0.3) is 0 Å². The first-order valence-corrected chi connectivity index (χ1v) is 8.30. The molecule has 2 rings (SSSR count). The zero-order valence-corrected chi connectivity index (χ0v) is 14.7. The highest BCUT2D eigenvalue weighted by molar-refractivity contribution is 8.00. The van der Waals surface area contributed by atoms with E-state index in [2.05, 4.69) is 23.9 Å². The van der Waals surface area contributed by atoms with Gasteiger partial charge in [0.1, 0.15) is 11.5 Å². The van der Waals surface area contributed by atoms with E-state index in [4.69, 9.17) is 15.2 Å². The monoisotopic (exact) mass is 331 g/mol. The smallest absolute Gasteiger partial charge is 0.122 e. The Morgan fingerprint density at radius 2 is 1.86 bits per heavy atom. The molecule has 5 heteroatoms. The lowest BCUT2D eigenvalue weighted by molar-refractivity contribution is 0.393. The Morgan fingerprint density at radius 3 is 2.38 bits per heavy atom. The van der Waals surface area contributed by atoms with Gasteiger partial charge in [0.05, 0.1) is 14.2 Å². The maximum Gasteiger partial charge on any atom is 0.122 e. The predicted molar refractivity (Wildman–Crippen MR) is 93.3 cm³/mol. The van der Waals surface area contributed by atoms with Gasteiger partial charge in [-0.05, 0) is 61.6 Å². The molecule has 1 fully saturated rings. The summed E-state index contributed by atoms with van der Waals surface area (Å²) in [6.07, 6.45) is 4.50. The van der Waals surface area contributed by atoms with E-state index in [9.17, 15) is 0 Å². The lowest BCUT2D eigenvalue weighted by Crippen LogP contribution is -2.18. The van der Waals surface area contributed by atoms with Crippen molar-refractivity contribution in [3.63, 3.8) is 0 Å². The summed E-state index contributed by atoms with van der Waals surface area (Å²) >= 11 is 2.07. The van der Waals surface area contributed by atoms with Crippen molar-refractivity contribution in [1.29, 1.82) is 0 Å². The molecule has 1 heterocycles. The van der Waals surface area contributed by atoms with Crippen LogP contribution < -0.4 is 15.2 Å². The number of thioether (sulfide) groups is 1. The molecule has 1 aliphatic rings. The van der Waals surface area contributed by atoms with Crippen molar-refractivity contribution in [1.82, 2.24) is 0 Å². The second kappa shape index (κ2) is 8.76. The van der Waals surface area contributed by atoms with Crippen LogP contribution in [0.15, 0.2) is 12.1 Å². The minimum Gasteiger partial charge on any atom is -0.496 e. The van der Waals surface area contributed by atoms with Crippen molar-refractivity contribution < 1.29 is 9.47 Å². The summed E-state index contributed by atoms with van der Waals surface area (Å²) in [5.41, 5.74) is 8.28. The minimum absolute atomic E-state index is 0. The molecule has 120 valence electrons. The van der Waals surface area contributed by atoms with Crippen molar-refractivity contribution in [2.45, 2.75) is 43.9 Å². The third-order valence-electron chi connectivity index (χ3n) is 3.70. The lowest BCUT2D eigenvalue weighted by atomic mass is 9.99. The van der Waals surface area contributed by atoms with Crippen molar-refractivity contribution in [3.8, 4) is 11.5 Å². The number of methoxy groups -OCH3 is 2. The topological polar surface area (TPSA) is 44.5 Å². The van der Waals surface area contributed by atoms with Gasteiger partial charge in [-0.2, -0.15) is 11.8 Å². The first-order chi connectivity index (χ1) is 9.63. The Labute approximate surface area is 138 Å². The number of halogens is 1. The van der Waals surface area contributed by atoms with Crippen LogP contribution in [0.2, 0.25) is 0 Å². The number of hydrogen-bond acceptors (Lipinski definition) is 4. The Bertz CT molecular complexity index is 448. The number of rotatable bonds is 6. The quantitative estimate of drug-likeness (QED) is 0.867. The molecule has 1 aromatic carbocycles. The summed E-state index contributed by atoms with van der Waals surface area (Å²) in [6, 6.07) is 4.34. The van der Waals surface area contributed by atoms with Crippen LogP contribution in [0.4, 0.5) is 0 Å². The minimum atomic E-state index is 0. The highest BCUT2D eigenvalue weighted by Crippen LogP contribution is 2.35. The van der Waals surface area contributed by atoms with Gasteiger partial charge < -0.3 is 15.2 Å². The van der Waals surface area contributed by atoms with E-state index in [0.29, 0.717) is 5.25 Å². The molecule has 2 N–H and O–H groups in total. The molecule has 0 bridgehead atoms. The van der Waals surface area contributed by atoms with Gasteiger partial charge in [-0.25, -0.2) is 0 Å². The number of benzene rings is 1. The maximum absolute atomic E-state index is 5.91. The van der Waals surface area contributed by atoms with Crippen LogP contribution in [-0.4, -0.2) is 31.3 Å². The number of nitrogens with two attached hydrogens (primary N) is 1. The normalized spacial score (nSPS) is 19.0. The van der Waals surface area contributed by atoms with Crippen molar-refractivity contribution in [2.24, 2.45) is 5.73 Å². The SMILES string of the molecule is COc1cc(CC2CCCS2)c(OC)cc1CC(C)N.Cl. The van der Waals surface area contributed by atoms with Crippen LogP contribution in [0.5, 0.6) is 11.5 Å². The average molecular weight is 332 g/mol. The molecule has 0 saturated carbocycles. The summed E-state index contributed by atoms with van der Waals surface area (Å²) in [5, 5.41) is 0.716. The summed E-state index contributed by atoms with van der Waals surface area (Å²) in [4.78, 5) is 0.